The van der Waals surface area contributed by atoms with Crippen molar-refractivity contribution < 1.29 is 13.2 Å². The molecule has 2 aliphatic heterocycles. The third kappa shape index (κ3) is 2.52. The predicted octanol–water partition coefficient (Wildman–Crippen LogP) is 1.27. The van der Waals surface area contributed by atoms with Crippen LogP contribution in [0.3, 0.4) is 0 Å². The fourth-order valence-corrected chi connectivity index (χ4v) is 4.26. The van der Waals surface area contributed by atoms with Crippen molar-refractivity contribution in [1.29, 1.82) is 0 Å². The smallest absolute Gasteiger partial charge is 0.260 e. The van der Waals surface area contributed by atoms with Gasteiger partial charge in [-0.05, 0) is 24.0 Å². The van der Waals surface area contributed by atoms with Crippen LogP contribution in [0.15, 0.2) is 29.4 Å². The van der Waals surface area contributed by atoms with Crippen LogP contribution in [0.5, 0.6) is 0 Å². The average Bonchev–Trinajstić information content (AvgIpc) is 3.06. The van der Waals surface area contributed by atoms with Gasteiger partial charge in [-0.15, -0.1) is 0 Å². The largest absolute Gasteiger partial charge is 0.368 e. The van der Waals surface area contributed by atoms with Crippen LogP contribution >= 0.6 is 0 Å². The number of pyridine rings is 1. The van der Waals surface area contributed by atoms with Crippen LogP contribution in [-0.2, 0) is 14.8 Å². The van der Waals surface area contributed by atoms with Crippen LogP contribution < -0.4 is 0 Å². The first-order valence-electron chi connectivity index (χ1n) is 6.45. The molecular formula is C13H18N2O3S. The molecule has 0 aromatic carbocycles. The van der Waals surface area contributed by atoms with Crippen molar-refractivity contribution in [2.24, 2.45) is 5.41 Å². The van der Waals surface area contributed by atoms with Crippen LogP contribution in [0.2, 0.25) is 0 Å². The zero-order chi connectivity index (χ0) is 13.7. The highest BCUT2D eigenvalue weighted by atomic mass is 32.2. The summed E-state index contributed by atoms with van der Waals surface area (Å²) in [5, 5.41) is 0.116. The molecule has 2 fully saturated rings. The fraction of sp³-hybridized carbons (Fsp3) is 0.615. The molecule has 104 valence electrons. The van der Waals surface area contributed by atoms with Crippen molar-refractivity contribution in [3.63, 3.8) is 0 Å². The van der Waals surface area contributed by atoms with Crippen LogP contribution in [0.25, 0.3) is 0 Å². The number of epoxide rings is 1. The Hall–Kier alpha value is -0.980. The topological polar surface area (TPSA) is 62.8 Å². The van der Waals surface area contributed by atoms with Gasteiger partial charge in [-0.25, -0.2) is 13.4 Å². The van der Waals surface area contributed by atoms with E-state index in [0.717, 1.165) is 6.42 Å². The van der Waals surface area contributed by atoms with Gasteiger partial charge < -0.3 is 4.74 Å². The van der Waals surface area contributed by atoms with Crippen molar-refractivity contribution >= 4 is 10.0 Å². The highest BCUT2D eigenvalue weighted by Crippen LogP contribution is 2.40. The van der Waals surface area contributed by atoms with E-state index in [2.05, 4.69) is 18.8 Å². The first-order valence-corrected chi connectivity index (χ1v) is 7.89. The minimum absolute atomic E-state index is 0.0558. The van der Waals surface area contributed by atoms with E-state index in [1.165, 1.54) is 10.5 Å². The molecule has 0 radical (unpaired) electrons. The monoisotopic (exact) mass is 282 g/mol. The Morgan fingerprint density at radius 2 is 2.16 bits per heavy atom. The van der Waals surface area contributed by atoms with Gasteiger partial charge in [0.05, 0.1) is 12.2 Å². The summed E-state index contributed by atoms with van der Waals surface area (Å²) in [4.78, 5) is 3.97. The van der Waals surface area contributed by atoms with E-state index < -0.39 is 10.0 Å². The van der Waals surface area contributed by atoms with Crippen molar-refractivity contribution in [2.45, 2.75) is 37.5 Å². The van der Waals surface area contributed by atoms with Crippen molar-refractivity contribution in [2.75, 3.05) is 13.1 Å². The molecule has 2 saturated heterocycles. The summed E-state index contributed by atoms with van der Waals surface area (Å²) in [6.45, 7) is 5.12. The van der Waals surface area contributed by atoms with Crippen LogP contribution in [-0.4, -0.2) is 43.0 Å². The summed E-state index contributed by atoms with van der Waals surface area (Å²) in [6, 6.07) is 4.95. The molecule has 1 aromatic rings. The van der Waals surface area contributed by atoms with Gasteiger partial charge in [-0.1, -0.05) is 19.9 Å². The Morgan fingerprint density at radius 1 is 1.37 bits per heavy atom. The van der Waals surface area contributed by atoms with E-state index in [1.807, 2.05) is 0 Å². The van der Waals surface area contributed by atoms with Crippen molar-refractivity contribution in [3.8, 4) is 0 Å². The molecule has 2 atom stereocenters. The number of nitrogens with zero attached hydrogens (tertiary/aromatic N) is 2. The maximum absolute atomic E-state index is 12.6. The minimum atomic E-state index is -3.52. The van der Waals surface area contributed by atoms with E-state index in [9.17, 15) is 8.42 Å². The zero-order valence-electron chi connectivity index (χ0n) is 11.1. The lowest BCUT2D eigenvalue weighted by atomic mass is 9.88. The molecule has 0 spiro atoms. The van der Waals surface area contributed by atoms with Gasteiger partial charge in [0.1, 0.15) is 0 Å². The SMILES string of the molecule is CC1(C)CC2OC2CN(S(=O)(=O)c2ccccn2)C1. The van der Waals surface area contributed by atoms with Crippen LogP contribution in [0, 0.1) is 5.41 Å². The van der Waals surface area contributed by atoms with E-state index in [1.54, 1.807) is 18.2 Å². The normalized spacial score (nSPS) is 30.4. The summed E-state index contributed by atoms with van der Waals surface area (Å²) in [5.74, 6) is 0. The zero-order valence-corrected chi connectivity index (χ0v) is 11.9. The van der Waals surface area contributed by atoms with Crippen LogP contribution in [0.1, 0.15) is 20.3 Å². The van der Waals surface area contributed by atoms with Crippen molar-refractivity contribution in [1.82, 2.24) is 9.29 Å². The minimum Gasteiger partial charge on any atom is -0.368 e. The van der Waals surface area contributed by atoms with Gasteiger partial charge in [-0.3, -0.25) is 0 Å². The molecule has 2 unspecified atom stereocenters. The molecule has 2 aliphatic rings. The maximum atomic E-state index is 12.6. The van der Waals surface area contributed by atoms with E-state index >= 15 is 0 Å². The van der Waals surface area contributed by atoms with Gasteiger partial charge in [0, 0.05) is 19.3 Å². The third-order valence-electron chi connectivity index (χ3n) is 3.67. The number of hydrogen-bond acceptors (Lipinski definition) is 4. The van der Waals surface area contributed by atoms with Gasteiger partial charge in [-0.2, -0.15) is 4.31 Å². The molecule has 0 aliphatic carbocycles. The Morgan fingerprint density at radius 3 is 2.84 bits per heavy atom. The fourth-order valence-electron chi connectivity index (χ4n) is 2.69. The second-order valence-electron chi connectivity index (χ2n) is 6.05. The molecule has 19 heavy (non-hydrogen) atoms. The molecule has 0 saturated carbocycles. The molecule has 6 heteroatoms. The number of rotatable bonds is 2. The van der Waals surface area contributed by atoms with Crippen molar-refractivity contribution in [3.05, 3.63) is 24.4 Å². The lowest BCUT2D eigenvalue weighted by molar-refractivity contribution is 0.200. The Bertz CT molecular complexity index is 571. The number of hydrogen-bond donors (Lipinski definition) is 0. The van der Waals surface area contributed by atoms with E-state index in [0.29, 0.717) is 13.1 Å². The first-order chi connectivity index (χ1) is 8.88. The summed E-state index contributed by atoms with van der Waals surface area (Å²) in [6.07, 6.45) is 2.69. The Labute approximate surface area is 113 Å². The molecule has 5 nitrogen and oxygen atoms in total. The van der Waals surface area contributed by atoms with E-state index in [4.69, 9.17) is 4.74 Å². The number of fused-ring (bicyclic) bond motifs is 1. The molecule has 0 amide bonds. The second-order valence-corrected chi connectivity index (χ2v) is 7.93. The standard InChI is InChI=1S/C13H18N2O3S/c1-13(2)7-10-11(18-10)8-15(9-13)19(16,17)12-5-3-4-6-14-12/h3-6,10-11H,7-9H2,1-2H3. The summed E-state index contributed by atoms with van der Waals surface area (Å²) in [7, 11) is -3.52. The summed E-state index contributed by atoms with van der Waals surface area (Å²) < 4.78 is 32.2. The third-order valence-corrected chi connectivity index (χ3v) is 5.40. The van der Waals surface area contributed by atoms with Crippen LogP contribution in [0.4, 0.5) is 0 Å². The van der Waals surface area contributed by atoms with Gasteiger partial charge in [0.25, 0.3) is 10.0 Å². The molecular weight excluding hydrogens is 264 g/mol. The highest BCUT2D eigenvalue weighted by molar-refractivity contribution is 7.89. The molecule has 0 N–H and O–H groups in total. The molecule has 1 aromatic heterocycles. The lowest BCUT2D eigenvalue weighted by Crippen LogP contribution is -2.39. The summed E-state index contributed by atoms with van der Waals surface area (Å²) in [5.41, 5.74) is -0.0717. The van der Waals surface area contributed by atoms with Gasteiger partial charge >= 0.3 is 0 Å². The van der Waals surface area contributed by atoms with Gasteiger partial charge in [0.15, 0.2) is 5.03 Å². The molecule has 0 bridgehead atoms. The quantitative estimate of drug-likeness (QED) is 0.766. The molecule has 3 heterocycles. The highest BCUT2D eigenvalue weighted by Gasteiger charge is 2.49. The Balaban J connectivity index is 1.92. The van der Waals surface area contributed by atoms with Gasteiger partial charge in [0.2, 0.25) is 0 Å². The number of ether oxygens (including phenoxy) is 1. The average molecular weight is 282 g/mol. The van der Waals surface area contributed by atoms with E-state index in [-0.39, 0.29) is 22.6 Å². The summed E-state index contributed by atoms with van der Waals surface area (Å²) >= 11 is 0. The molecule has 3 rings (SSSR count). The maximum Gasteiger partial charge on any atom is 0.260 e. The number of sulfonamides is 1. The number of aromatic nitrogens is 1. The predicted molar refractivity (Wildman–Crippen MR) is 70.1 cm³/mol. The lowest BCUT2D eigenvalue weighted by Gasteiger charge is -2.29. The Kier molecular flexibility index (Phi) is 2.92. The first kappa shape index (κ1) is 13.0. The second kappa shape index (κ2) is 4.26.